The molecule has 0 aliphatic carbocycles. The number of fused-ring (bicyclic) bond motifs is 1. The van der Waals surface area contributed by atoms with E-state index < -0.39 is 17.7 Å². The molecule has 0 saturated carbocycles. The summed E-state index contributed by atoms with van der Waals surface area (Å²) in [6.45, 7) is 7.51. The molecule has 1 N–H and O–H groups in total. The average Bonchev–Trinajstić information content (AvgIpc) is 3.51. The Balaban J connectivity index is 1.60. The molecule has 1 aliphatic heterocycles. The molecule has 1 atom stereocenters. The third kappa shape index (κ3) is 5.76. The molecule has 1 aliphatic rings. The molecule has 1 saturated heterocycles. The molecular weight excluding hydrogens is 540 g/mol. The lowest BCUT2D eigenvalue weighted by atomic mass is 9.95. The van der Waals surface area contributed by atoms with Crippen LogP contribution in [-0.2, 0) is 9.59 Å². The van der Waals surface area contributed by atoms with E-state index in [0.29, 0.717) is 58.8 Å². The van der Waals surface area contributed by atoms with Crippen LogP contribution in [-0.4, -0.2) is 41.6 Å². The van der Waals surface area contributed by atoms with Crippen LogP contribution < -0.4 is 19.1 Å². The Bertz CT molecular complexity index is 1580. The molecule has 9 heteroatoms. The van der Waals surface area contributed by atoms with Gasteiger partial charge in [-0.05, 0) is 80.4 Å². The molecule has 1 unspecified atom stereocenters. The molecule has 1 fully saturated rings. The number of ketones is 1. The smallest absolute Gasteiger partial charge is 0.301 e. The Kier molecular flexibility index (Phi) is 8.54. The van der Waals surface area contributed by atoms with Crippen LogP contribution in [0.25, 0.3) is 16.0 Å². The van der Waals surface area contributed by atoms with Crippen LogP contribution in [0.15, 0.2) is 72.3 Å². The lowest BCUT2D eigenvalue weighted by Crippen LogP contribution is -2.29. The fourth-order valence-electron chi connectivity index (χ4n) is 4.71. The number of rotatable bonds is 11. The number of hydrogen-bond acceptors (Lipinski definition) is 8. The van der Waals surface area contributed by atoms with Gasteiger partial charge in [0.25, 0.3) is 5.78 Å². The first-order valence-electron chi connectivity index (χ1n) is 13.8. The zero-order valence-corrected chi connectivity index (χ0v) is 24.1. The Hall–Kier alpha value is -4.37. The van der Waals surface area contributed by atoms with Crippen molar-refractivity contribution >= 4 is 44.1 Å². The van der Waals surface area contributed by atoms with Crippen LogP contribution in [0.5, 0.6) is 17.2 Å². The van der Waals surface area contributed by atoms with Crippen molar-refractivity contribution in [3.05, 3.63) is 83.4 Å². The number of ether oxygens (including phenoxy) is 3. The van der Waals surface area contributed by atoms with Gasteiger partial charge in [0.05, 0.1) is 41.7 Å². The summed E-state index contributed by atoms with van der Waals surface area (Å²) in [5, 5.41) is 11.8. The molecule has 0 radical (unpaired) electrons. The van der Waals surface area contributed by atoms with Gasteiger partial charge < -0.3 is 19.3 Å². The number of amides is 1. The fourth-order valence-corrected chi connectivity index (χ4v) is 5.73. The zero-order valence-electron chi connectivity index (χ0n) is 23.3. The Morgan fingerprint density at radius 1 is 0.878 bits per heavy atom. The summed E-state index contributed by atoms with van der Waals surface area (Å²) >= 11 is 1.29. The van der Waals surface area contributed by atoms with E-state index >= 15 is 0 Å². The first-order valence-corrected chi connectivity index (χ1v) is 14.6. The highest BCUT2D eigenvalue weighted by atomic mass is 32.1. The Morgan fingerprint density at radius 3 is 2.20 bits per heavy atom. The monoisotopic (exact) mass is 572 g/mol. The number of unbranched alkanes of at least 4 members (excludes halogenated alkanes) is 1. The van der Waals surface area contributed by atoms with Crippen molar-refractivity contribution in [2.75, 3.05) is 24.7 Å². The predicted octanol–water partition coefficient (Wildman–Crippen LogP) is 6.90. The summed E-state index contributed by atoms with van der Waals surface area (Å²) in [6.07, 6.45) is 1.96. The van der Waals surface area contributed by atoms with Gasteiger partial charge in [-0.1, -0.05) is 36.8 Å². The van der Waals surface area contributed by atoms with Crippen LogP contribution in [0.4, 0.5) is 5.13 Å². The van der Waals surface area contributed by atoms with E-state index in [2.05, 4.69) is 6.92 Å². The molecule has 8 nitrogen and oxygen atoms in total. The molecule has 41 heavy (non-hydrogen) atoms. The van der Waals surface area contributed by atoms with E-state index in [9.17, 15) is 14.7 Å². The molecular formula is C32H32N2O6S. The molecule has 4 aromatic rings. The van der Waals surface area contributed by atoms with Gasteiger partial charge in [-0.2, -0.15) is 0 Å². The topological polar surface area (TPSA) is 98.2 Å². The Morgan fingerprint density at radius 2 is 1.51 bits per heavy atom. The maximum Gasteiger partial charge on any atom is 0.301 e. The number of aliphatic hydroxyl groups is 1. The zero-order chi connectivity index (χ0) is 28.9. The maximum absolute atomic E-state index is 13.6. The lowest BCUT2D eigenvalue weighted by Gasteiger charge is -2.23. The normalized spacial score (nSPS) is 16.4. The SMILES string of the molecule is CCCCOc1ccc(C2C(=C(O)c3ccc(OCC)cc3)C(=O)C(=O)N2c2nc3ccc(OCC)cc3s2)cc1. The van der Waals surface area contributed by atoms with Crippen LogP contribution >= 0.6 is 11.3 Å². The first-order chi connectivity index (χ1) is 19.9. The molecule has 1 amide bonds. The van der Waals surface area contributed by atoms with Crippen molar-refractivity contribution in [3.8, 4) is 17.2 Å². The number of nitrogens with zero attached hydrogens (tertiary/aromatic N) is 2. The van der Waals surface area contributed by atoms with Gasteiger partial charge in [0, 0.05) is 5.56 Å². The van der Waals surface area contributed by atoms with E-state index in [0.717, 1.165) is 17.5 Å². The molecule has 212 valence electrons. The van der Waals surface area contributed by atoms with E-state index in [4.69, 9.17) is 19.2 Å². The van der Waals surface area contributed by atoms with Crippen molar-refractivity contribution in [2.24, 2.45) is 0 Å². The van der Waals surface area contributed by atoms with Crippen LogP contribution in [0, 0.1) is 0 Å². The Labute approximate surface area is 242 Å². The number of benzene rings is 3. The largest absolute Gasteiger partial charge is 0.507 e. The number of carbonyl (C=O) groups is 2. The molecule has 1 aromatic heterocycles. The second kappa shape index (κ2) is 12.4. The minimum atomic E-state index is -0.891. The van der Waals surface area contributed by atoms with Crippen molar-refractivity contribution < 1.29 is 28.9 Å². The highest BCUT2D eigenvalue weighted by Crippen LogP contribution is 2.45. The summed E-state index contributed by atoms with van der Waals surface area (Å²) in [5.41, 5.74) is 1.73. The van der Waals surface area contributed by atoms with E-state index in [1.807, 2.05) is 56.3 Å². The summed E-state index contributed by atoms with van der Waals surface area (Å²) in [6, 6.07) is 18.7. The number of Topliss-reactive ketones (excluding diaryl/α,β-unsaturated/α-hetero) is 1. The summed E-state index contributed by atoms with van der Waals surface area (Å²) in [5.74, 6) is 0.230. The number of thiazole rings is 1. The summed E-state index contributed by atoms with van der Waals surface area (Å²) in [4.78, 5) is 33.2. The average molecular weight is 573 g/mol. The molecule has 2 heterocycles. The van der Waals surface area contributed by atoms with Crippen LogP contribution in [0.3, 0.4) is 0 Å². The maximum atomic E-state index is 13.6. The van der Waals surface area contributed by atoms with Gasteiger partial charge in [-0.15, -0.1) is 0 Å². The third-order valence-electron chi connectivity index (χ3n) is 6.71. The number of aromatic nitrogens is 1. The minimum Gasteiger partial charge on any atom is -0.507 e. The molecule has 0 spiro atoms. The highest BCUT2D eigenvalue weighted by Gasteiger charge is 2.48. The lowest BCUT2D eigenvalue weighted by molar-refractivity contribution is -0.132. The van der Waals surface area contributed by atoms with Crippen molar-refractivity contribution in [3.63, 3.8) is 0 Å². The van der Waals surface area contributed by atoms with Crippen molar-refractivity contribution in [1.82, 2.24) is 4.98 Å². The number of carbonyl (C=O) groups excluding carboxylic acids is 2. The van der Waals surface area contributed by atoms with Gasteiger partial charge in [-0.3, -0.25) is 14.5 Å². The van der Waals surface area contributed by atoms with E-state index in [1.165, 1.54) is 16.2 Å². The van der Waals surface area contributed by atoms with E-state index in [1.54, 1.807) is 24.3 Å². The fraction of sp³-hybridized carbons (Fsp3) is 0.281. The summed E-state index contributed by atoms with van der Waals surface area (Å²) in [7, 11) is 0. The third-order valence-corrected chi connectivity index (χ3v) is 7.73. The van der Waals surface area contributed by atoms with Crippen LogP contribution in [0.2, 0.25) is 0 Å². The van der Waals surface area contributed by atoms with Crippen molar-refractivity contribution in [2.45, 2.75) is 39.7 Å². The van der Waals surface area contributed by atoms with Gasteiger partial charge in [-0.25, -0.2) is 4.98 Å². The molecule has 3 aromatic carbocycles. The van der Waals surface area contributed by atoms with Crippen LogP contribution in [0.1, 0.15) is 50.8 Å². The van der Waals surface area contributed by atoms with Gasteiger partial charge in [0.2, 0.25) is 0 Å². The molecule has 0 bridgehead atoms. The first kappa shape index (κ1) is 28.2. The molecule has 5 rings (SSSR count). The number of hydrogen-bond donors (Lipinski definition) is 1. The standard InChI is InChI=1S/C32H32N2O6S/c1-4-7-18-40-23-12-8-20(9-13-23)28-27(29(35)21-10-14-22(15-11-21)38-5-2)30(36)31(37)34(28)32-33-25-17-16-24(39-6-3)19-26(25)41-32/h8-17,19,28,35H,4-7,18H2,1-3H3. The predicted molar refractivity (Wildman–Crippen MR) is 160 cm³/mol. The van der Waals surface area contributed by atoms with Gasteiger partial charge in [0.1, 0.15) is 23.0 Å². The van der Waals surface area contributed by atoms with Gasteiger partial charge in [0.15, 0.2) is 5.13 Å². The van der Waals surface area contributed by atoms with Crippen molar-refractivity contribution in [1.29, 1.82) is 0 Å². The minimum absolute atomic E-state index is 0.00641. The summed E-state index contributed by atoms with van der Waals surface area (Å²) < 4.78 is 17.8. The quantitative estimate of drug-likeness (QED) is 0.0904. The van der Waals surface area contributed by atoms with E-state index in [-0.39, 0.29) is 11.3 Å². The number of anilines is 1. The second-order valence-electron chi connectivity index (χ2n) is 9.46. The number of aliphatic hydroxyl groups excluding tert-OH is 1. The highest BCUT2D eigenvalue weighted by molar-refractivity contribution is 7.22. The van der Waals surface area contributed by atoms with Gasteiger partial charge >= 0.3 is 5.91 Å². The second-order valence-corrected chi connectivity index (χ2v) is 10.5.